The monoisotopic (exact) mass is 679 g/mol. The average Bonchev–Trinajstić information content (AvgIpc) is 3.11. The highest BCUT2D eigenvalue weighted by Gasteiger charge is 2.24. The molecule has 0 saturated carbocycles. The van der Waals surface area contributed by atoms with Crippen LogP contribution < -0.4 is 4.74 Å². The lowest BCUT2D eigenvalue weighted by Crippen LogP contribution is -2.16. The number of Topliss-reactive ketones (excluding diaryl/α,β-unsaturated/α-hetero) is 1. The summed E-state index contributed by atoms with van der Waals surface area (Å²) in [6.45, 7) is 14.1. The lowest BCUT2D eigenvalue weighted by Gasteiger charge is -2.26. The SMILES string of the molecule is COc1ccc(-c2nc(-c3ccccc3)nc(C3C=CC(C(=O)CCC(CCC(C)CCCC(C)C)C(C)CCCC(C)C)=CC3)n2)c(O)c1. The summed E-state index contributed by atoms with van der Waals surface area (Å²) in [5, 5.41) is 10.8. The third kappa shape index (κ3) is 11.9. The molecule has 270 valence electrons. The standard InChI is InChI=1S/C44H61N3O3/c1-30(2)13-11-15-32(5)19-20-34(33(6)16-12-14-31(3)4)25-28-40(48)35-21-23-37(24-22-35)43-45-42(36-17-9-8-10-18-36)46-44(47-43)39-27-26-38(50-7)29-41(39)49/h8-10,17-18,21-23,26-27,29-34,37,49H,11-16,19-20,24-25,28H2,1-7H3. The minimum absolute atomic E-state index is 0.0422. The van der Waals surface area contributed by atoms with E-state index < -0.39 is 0 Å². The van der Waals surface area contributed by atoms with Crippen molar-refractivity contribution in [1.29, 1.82) is 0 Å². The highest BCUT2D eigenvalue weighted by Crippen LogP contribution is 2.35. The van der Waals surface area contributed by atoms with Gasteiger partial charge in [-0.05, 0) is 61.0 Å². The van der Waals surface area contributed by atoms with Gasteiger partial charge in [-0.1, -0.05) is 135 Å². The van der Waals surface area contributed by atoms with Gasteiger partial charge >= 0.3 is 0 Å². The van der Waals surface area contributed by atoms with Crippen molar-refractivity contribution in [1.82, 2.24) is 15.0 Å². The molecular weight excluding hydrogens is 619 g/mol. The zero-order valence-electron chi connectivity index (χ0n) is 31.7. The Morgan fingerprint density at radius 1 is 0.820 bits per heavy atom. The minimum atomic E-state index is -0.109. The molecule has 3 aromatic rings. The number of benzene rings is 2. The van der Waals surface area contributed by atoms with Crippen LogP contribution in [-0.4, -0.2) is 33.0 Å². The van der Waals surface area contributed by atoms with E-state index in [9.17, 15) is 9.90 Å². The highest BCUT2D eigenvalue weighted by molar-refractivity contribution is 5.98. The number of methoxy groups -OCH3 is 1. The molecule has 1 aliphatic rings. The van der Waals surface area contributed by atoms with Gasteiger partial charge < -0.3 is 9.84 Å². The van der Waals surface area contributed by atoms with Gasteiger partial charge in [0.25, 0.3) is 0 Å². The van der Waals surface area contributed by atoms with E-state index in [0.29, 0.717) is 53.5 Å². The molecule has 0 radical (unpaired) electrons. The fourth-order valence-electron chi connectivity index (χ4n) is 7.02. The predicted octanol–water partition coefficient (Wildman–Crippen LogP) is 11.6. The lowest BCUT2D eigenvalue weighted by atomic mass is 9.79. The second-order valence-electron chi connectivity index (χ2n) is 15.5. The Morgan fingerprint density at radius 2 is 1.52 bits per heavy atom. The number of phenolic OH excluding ortho intramolecular Hbond substituents is 1. The molecule has 4 rings (SSSR count). The van der Waals surface area contributed by atoms with Gasteiger partial charge in [-0.25, -0.2) is 15.0 Å². The van der Waals surface area contributed by atoms with Crippen molar-refractivity contribution in [2.75, 3.05) is 7.11 Å². The van der Waals surface area contributed by atoms with E-state index in [1.54, 1.807) is 25.3 Å². The van der Waals surface area contributed by atoms with Gasteiger partial charge in [-0.3, -0.25) is 4.79 Å². The van der Waals surface area contributed by atoms with Crippen LogP contribution >= 0.6 is 0 Å². The smallest absolute Gasteiger partial charge is 0.167 e. The summed E-state index contributed by atoms with van der Waals surface area (Å²) < 4.78 is 5.28. The van der Waals surface area contributed by atoms with E-state index in [-0.39, 0.29) is 17.5 Å². The Hall–Kier alpha value is -3.80. The Balaban J connectivity index is 1.44. The van der Waals surface area contributed by atoms with Crippen molar-refractivity contribution in [2.24, 2.45) is 29.6 Å². The molecule has 50 heavy (non-hydrogen) atoms. The number of hydrogen-bond donors (Lipinski definition) is 1. The van der Waals surface area contributed by atoms with Crippen LogP contribution in [0.4, 0.5) is 0 Å². The summed E-state index contributed by atoms with van der Waals surface area (Å²) in [6.07, 6.45) is 18.4. The first-order valence-electron chi connectivity index (χ1n) is 19.1. The Bertz CT molecular complexity index is 1560. The van der Waals surface area contributed by atoms with Crippen molar-refractivity contribution in [3.63, 3.8) is 0 Å². The zero-order chi connectivity index (χ0) is 36.0. The average molecular weight is 680 g/mol. The molecule has 0 amide bonds. The summed E-state index contributed by atoms with van der Waals surface area (Å²) in [6, 6.07) is 14.9. The molecule has 0 bridgehead atoms. The van der Waals surface area contributed by atoms with Crippen molar-refractivity contribution in [3.8, 4) is 34.3 Å². The number of nitrogens with zero attached hydrogens (tertiary/aromatic N) is 3. The lowest BCUT2D eigenvalue weighted by molar-refractivity contribution is -0.115. The second-order valence-corrected chi connectivity index (χ2v) is 15.5. The zero-order valence-corrected chi connectivity index (χ0v) is 31.7. The minimum Gasteiger partial charge on any atom is -0.507 e. The third-order valence-corrected chi connectivity index (χ3v) is 10.4. The van der Waals surface area contributed by atoms with E-state index in [2.05, 4.69) is 53.7 Å². The number of carbonyl (C=O) groups excluding carboxylic acids is 1. The molecule has 1 heterocycles. The predicted molar refractivity (Wildman–Crippen MR) is 206 cm³/mol. The maximum Gasteiger partial charge on any atom is 0.167 e. The summed E-state index contributed by atoms with van der Waals surface area (Å²) in [7, 11) is 1.57. The molecule has 6 heteroatoms. The highest BCUT2D eigenvalue weighted by atomic mass is 16.5. The normalized spacial score (nSPS) is 16.3. The molecule has 1 aromatic heterocycles. The number of hydrogen-bond acceptors (Lipinski definition) is 6. The summed E-state index contributed by atoms with van der Waals surface area (Å²) in [4.78, 5) is 28.0. The fourth-order valence-corrected chi connectivity index (χ4v) is 7.02. The quantitative estimate of drug-likeness (QED) is 0.128. The third-order valence-electron chi connectivity index (χ3n) is 10.4. The summed E-state index contributed by atoms with van der Waals surface area (Å²) in [5.41, 5.74) is 2.17. The summed E-state index contributed by atoms with van der Waals surface area (Å²) >= 11 is 0. The Kier molecular flexibility index (Phi) is 15.2. The molecular formula is C44H61N3O3. The van der Waals surface area contributed by atoms with E-state index in [1.165, 1.54) is 51.4 Å². The van der Waals surface area contributed by atoms with Gasteiger partial charge in [0.05, 0.1) is 12.7 Å². The number of allylic oxidation sites excluding steroid dienone is 4. The number of rotatable bonds is 20. The molecule has 1 aliphatic carbocycles. The number of ether oxygens (including phenoxy) is 1. The van der Waals surface area contributed by atoms with Gasteiger partial charge in [0.15, 0.2) is 17.4 Å². The Labute approximate surface area is 301 Å². The number of ketones is 1. The van der Waals surface area contributed by atoms with Crippen LogP contribution in [0.2, 0.25) is 0 Å². The number of aromatic nitrogens is 3. The van der Waals surface area contributed by atoms with Gasteiger partial charge in [-0.2, -0.15) is 0 Å². The molecule has 4 unspecified atom stereocenters. The van der Waals surface area contributed by atoms with Crippen LogP contribution in [0.3, 0.4) is 0 Å². The largest absolute Gasteiger partial charge is 0.507 e. The first kappa shape index (κ1) is 39.0. The van der Waals surface area contributed by atoms with Gasteiger partial charge in [0.2, 0.25) is 0 Å². The van der Waals surface area contributed by atoms with Crippen LogP contribution in [0, 0.1) is 29.6 Å². The maximum atomic E-state index is 13.6. The second kappa shape index (κ2) is 19.6. The number of aromatic hydroxyl groups is 1. The Morgan fingerprint density at radius 3 is 2.16 bits per heavy atom. The van der Waals surface area contributed by atoms with E-state index >= 15 is 0 Å². The van der Waals surface area contributed by atoms with Crippen molar-refractivity contribution >= 4 is 5.78 Å². The van der Waals surface area contributed by atoms with Crippen LogP contribution in [0.5, 0.6) is 11.5 Å². The van der Waals surface area contributed by atoms with E-state index in [0.717, 1.165) is 35.3 Å². The van der Waals surface area contributed by atoms with Gasteiger partial charge in [0, 0.05) is 29.5 Å². The maximum absolute atomic E-state index is 13.6. The molecule has 0 aliphatic heterocycles. The fraction of sp³-hybridized carbons (Fsp3) is 0.545. The van der Waals surface area contributed by atoms with Crippen molar-refractivity contribution in [2.45, 2.75) is 118 Å². The van der Waals surface area contributed by atoms with Gasteiger partial charge in [0.1, 0.15) is 17.3 Å². The molecule has 6 nitrogen and oxygen atoms in total. The molecule has 1 N–H and O–H groups in total. The van der Waals surface area contributed by atoms with Crippen LogP contribution in [0.25, 0.3) is 22.8 Å². The molecule has 0 spiro atoms. The first-order valence-corrected chi connectivity index (χ1v) is 19.1. The molecule has 0 saturated heterocycles. The number of phenols is 1. The molecule has 0 fully saturated rings. The molecule has 4 atom stereocenters. The van der Waals surface area contributed by atoms with Crippen molar-refractivity contribution < 1.29 is 14.6 Å². The van der Waals surface area contributed by atoms with Gasteiger partial charge in [-0.15, -0.1) is 0 Å². The van der Waals surface area contributed by atoms with Crippen LogP contribution in [0.15, 0.2) is 72.3 Å². The summed E-state index contributed by atoms with van der Waals surface area (Å²) in [5.74, 6) is 5.73. The van der Waals surface area contributed by atoms with E-state index in [1.807, 2.05) is 36.4 Å². The van der Waals surface area contributed by atoms with Crippen LogP contribution in [-0.2, 0) is 4.79 Å². The topological polar surface area (TPSA) is 85.2 Å². The van der Waals surface area contributed by atoms with Crippen molar-refractivity contribution in [3.05, 3.63) is 78.2 Å². The number of carbonyl (C=O) groups is 1. The van der Waals surface area contributed by atoms with E-state index in [4.69, 9.17) is 19.7 Å². The molecule has 2 aromatic carbocycles. The van der Waals surface area contributed by atoms with Crippen LogP contribution in [0.1, 0.15) is 124 Å². The first-order chi connectivity index (χ1) is 24.0.